The van der Waals surface area contributed by atoms with Gasteiger partial charge in [0.25, 0.3) is 0 Å². The molecule has 2 aromatic rings. The monoisotopic (exact) mass is 372 g/mol. The highest BCUT2D eigenvalue weighted by molar-refractivity contribution is 9.10. The molecule has 1 aromatic carbocycles. The Kier molecular flexibility index (Phi) is 5.16. The van der Waals surface area contributed by atoms with Crippen molar-refractivity contribution in [2.24, 2.45) is 0 Å². The quantitative estimate of drug-likeness (QED) is 0.778. The number of sulfone groups is 1. The van der Waals surface area contributed by atoms with Crippen LogP contribution >= 0.6 is 15.9 Å². The van der Waals surface area contributed by atoms with Gasteiger partial charge in [-0.2, -0.15) is 0 Å². The molecule has 5 nitrogen and oxygen atoms in total. The Hall–Kier alpha value is -1.21. The maximum Gasteiger partial charge on any atom is 0.216 e. The van der Waals surface area contributed by atoms with Crippen molar-refractivity contribution in [1.82, 2.24) is 10.2 Å². The van der Waals surface area contributed by atoms with Gasteiger partial charge in [-0.15, -0.1) is 10.2 Å². The van der Waals surface area contributed by atoms with Crippen molar-refractivity contribution in [3.05, 3.63) is 45.6 Å². The minimum Gasteiger partial charge on any atom is -0.426 e. The number of hydrogen-bond acceptors (Lipinski definition) is 5. The molecular weight excluding hydrogens is 356 g/mol. The van der Waals surface area contributed by atoms with Crippen LogP contribution in [0.3, 0.4) is 0 Å². The van der Waals surface area contributed by atoms with Crippen molar-refractivity contribution in [3.8, 4) is 0 Å². The van der Waals surface area contributed by atoms with E-state index in [-0.39, 0.29) is 11.5 Å². The van der Waals surface area contributed by atoms with Gasteiger partial charge < -0.3 is 4.42 Å². The van der Waals surface area contributed by atoms with Crippen LogP contribution in [0.15, 0.2) is 27.1 Å². The zero-order valence-corrected chi connectivity index (χ0v) is 14.4. The molecule has 7 heteroatoms. The second-order valence-electron chi connectivity index (χ2n) is 4.93. The van der Waals surface area contributed by atoms with Crippen molar-refractivity contribution in [3.63, 3.8) is 0 Å². The summed E-state index contributed by atoms with van der Waals surface area (Å²) in [5.74, 6) is 1.15. The van der Waals surface area contributed by atoms with Crippen LogP contribution in [0.25, 0.3) is 0 Å². The fourth-order valence-corrected chi connectivity index (χ4v) is 3.92. The maximum atomic E-state index is 12.2. The first-order valence-corrected chi connectivity index (χ1v) is 9.22. The van der Waals surface area contributed by atoms with E-state index >= 15 is 0 Å². The van der Waals surface area contributed by atoms with Gasteiger partial charge in [0.2, 0.25) is 11.8 Å². The fourth-order valence-electron chi connectivity index (χ4n) is 2.00. The van der Waals surface area contributed by atoms with Crippen molar-refractivity contribution >= 4 is 25.8 Å². The normalized spacial score (nSPS) is 11.8. The highest BCUT2D eigenvalue weighted by Crippen LogP contribution is 2.21. The highest BCUT2D eigenvalue weighted by Gasteiger charge is 2.15. The second-order valence-corrected chi connectivity index (χ2v) is 7.97. The summed E-state index contributed by atoms with van der Waals surface area (Å²) < 4.78 is 30.5. The van der Waals surface area contributed by atoms with Crippen LogP contribution in [0.1, 0.15) is 29.3 Å². The number of aromatic nitrogens is 2. The fraction of sp³-hybridized carbons (Fsp3) is 0.429. The van der Waals surface area contributed by atoms with E-state index in [4.69, 9.17) is 4.42 Å². The van der Waals surface area contributed by atoms with Crippen molar-refractivity contribution in [1.29, 1.82) is 0 Å². The van der Waals surface area contributed by atoms with Gasteiger partial charge in [0, 0.05) is 17.8 Å². The number of hydrogen-bond donors (Lipinski definition) is 0. The molecule has 2 rings (SSSR count). The molecule has 21 heavy (non-hydrogen) atoms. The van der Waals surface area contributed by atoms with Gasteiger partial charge in [-0.1, -0.05) is 28.1 Å². The third-order valence-electron chi connectivity index (χ3n) is 3.17. The summed E-state index contributed by atoms with van der Waals surface area (Å²) in [5.41, 5.74) is 1.80. The van der Waals surface area contributed by atoms with E-state index in [9.17, 15) is 8.42 Å². The molecule has 1 aromatic heterocycles. The zero-order chi connectivity index (χ0) is 15.5. The summed E-state index contributed by atoms with van der Waals surface area (Å²) in [5, 5.41) is 7.58. The number of halogens is 1. The Morgan fingerprint density at radius 2 is 2.00 bits per heavy atom. The lowest BCUT2D eigenvalue weighted by atomic mass is 10.1. The standard InChI is InChI=1S/C14H17BrN2O3S/c1-10-12(5-3-6-13(10)15)9-21(18,19)8-4-7-14-17-16-11(2)20-14/h3,5-6H,4,7-9H2,1-2H3. The third kappa shape index (κ3) is 4.64. The number of aryl methyl sites for hydroxylation is 2. The Bertz CT molecular complexity index is 726. The van der Waals surface area contributed by atoms with E-state index in [2.05, 4.69) is 26.1 Å². The molecule has 0 aliphatic rings. The molecule has 0 amide bonds. The summed E-state index contributed by atoms with van der Waals surface area (Å²) in [4.78, 5) is 0. The van der Waals surface area contributed by atoms with Gasteiger partial charge in [-0.25, -0.2) is 8.42 Å². The summed E-state index contributed by atoms with van der Waals surface area (Å²) in [7, 11) is -3.15. The Balaban J connectivity index is 1.94. The van der Waals surface area contributed by atoms with Crippen LogP contribution in [-0.2, 0) is 22.0 Å². The smallest absolute Gasteiger partial charge is 0.216 e. The van der Waals surface area contributed by atoms with E-state index in [0.29, 0.717) is 24.6 Å². The average molecular weight is 373 g/mol. The molecule has 0 radical (unpaired) electrons. The van der Waals surface area contributed by atoms with Crippen molar-refractivity contribution in [2.45, 2.75) is 32.4 Å². The molecule has 1 heterocycles. The minimum atomic E-state index is -3.15. The molecule has 114 valence electrons. The molecule has 0 N–H and O–H groups in total. The van der Waals surface area contributed by atoms with E-state index in [1.165, 1.54) is 0 Å². The average Bonchev–Trinajstić information content (AvgIpc) is 2.80. The maximum absolute atomic E-state index is 12.2. The van der Waals surface area contributed by atoms with Crippen LogP contribution in [0.2, 0.25) is 0 Å². The predicted molar refractivity (Wildman–Crippen MR) is 83.7 cm³/mol. The molecule has 0 saturated heterocycles. The van der Waals surface area contributed by atoms with E-state index in [1.54, 1.807) is 6.92 Å². The van der Waals surface area contributed by atoms with Crippen LogP contribution < -0.4 is 0 Å². The van der Waals surface area contributed by atoms with Gasteiger partial charge in [-0.05, 0) is 30.5 Å². The molecule has 0 bridgehead atoms. The molecule has 0 unspecified atom stereocenters. The molecule has 0 spiro atoms. The summed E-state index contributed by atoms with van der Waals surface area (Å²) in [6.45, 7) is 3.62. The lowest BCUT2D eigenvalue weighted by Crippen LogP contribution is -2.11. The lowest BCUT2D eigenvalue weighted by Gasteiger charge is -2.08. The molecule has 0 fully saturated rings. The van der Waals surface area contributed by atoms with Gasteiger partial charge in [-0.3, -0.25) is 0 Å². The van der Waals surface area contributed by atoms with E-state index in [0.717, 1.165) is 15.6 Å². The number of rotatable bonds is 6. The largest absolute Gasteiger partial charge is 0.426 e. The molecular formula is C14H17BrN2O3S. The van der Waals surface area contributed by atoms with Crippen LogP contribution in [-0.4, -0.2) is 24.4 Å². The van der Waals surface area contributed by atoms with E-state index < -0.39 is 9.84 Å². The molecule has 0 aliphatic heterocycles. The van der Waals surface area contributed by atoms with Gasteiger partial charge in [0.15, 0.2) is 9.84 Å². The van der Waals surface area contributed by atoms with Gasteiger partial charge >= 0.3 is 0 Å². The summed E-state index contributed by atoms with van der Waals surface area (Å²) >= 11 is 3.42. The van der Waals surface area contributed by atoms with Crippen molar-refractivity contribution < 1.29 is 12.8 Å². The Morgan fingerprint density at radius 3 is 2.67 bits per heavy atom. The second kappa shape index (κ2) is 6.70. The van der Waals surface area contributed by atoms with Crippen LogP contribution in [0.4, 0.5) is 0 Å². The first kappa shape index (κ1) is 16.2. The SMILES string of the molecule is Cc1nnc(CCCS(=O)(=O)Cc2cccc(Br)c2C)o1. The predicted octanol–water partition coefficient (Wildman–Crippen LogP) is 3.00. The third-order valence-corrected chi connectivity index (χ3v) is 5.69. The van der Waals surface area contributed by atoms with Gasteiger partial charge in [0.05, 0.1) is 11.5 Å². The topological polar surface area (TPSA) is 73.1 Å². The molecule has 0 aliphatic carbocycles. The molecule has 0 atom stereocenters. The number of benzene rings is 1. The highest BCUT2D eigenvalue weighted by atomic mass is 79.9. The first-order valence-electron chi connectivity index (χ1n) is 6.61. The number of nitrogens with zero attached hydrogens (tertiary/aromatic N) is 2. The van der Waals surface area contributed by atoms with Crippen molar-refractivity contribution in [2.75, 3.05) is 5.75 Å². The van der Waals surface area contributed by atoms with Crippen LogP contribution in [0.5, 0.6) is 0 Å². The minimum absolute atomic E-state index is 0.0567. The Morgan fingerprint density at radius 1 is 1.24 bits per heavy atom. The summed E-state index contributed by atoms with van der Waals surface area (Å²) in [6, 6.07) is 5.60. The van der Waals surface area contributed by atoms with Crippen LogP contribution in [0, 0.1) is 13.8 Å². The van der Waals surface area contributed by atoms with E-state index in [1.807, 2.05) is 25.1 Å². The summed E-state index contributed by atoms with van der Waals surface area (Å²) in [6.07, 6.45) is 0.967. The molecule has 0 saturated carbocycles. The Labute approximate surface area is 132 Å². The lowest BCUT2D eigenvalue weighted by molar-refractivity contribution is 0.465. The van der Waals surface area contributed by atoms with Gasteiger partial charge in [0.1, 0.15) is 0 Å². The zero-order valence-electron chi connectivity index (χ0n) is 12.0. The first-order chi connectivity index (χ1) is 9.87.